The third-order valence-electron chi connectivity index (χ3n) is 3.70. The quantitative estimate of drug-likeness (QED) is 0.629. The van der Waals surface area contributed by atoms with Crippen LogP contribution in [0.1, 0.15) is 20.3 Å². The van der Waals surface area contributed by atoms with Crippen LogP contribution < -0.4 is 4.84 Å². The Kier molecular flexibility index (Phi) is 4.34. The smallest absolute Gasteiger partial charge is 0.269 e. The fourth-order valence-corrected chi connectivity index (χ4v) is 2.24. The topological polar surface area (TPSA) is 68.0 Å². The van der Waals surface area contributed by atoms with Gasteiger partial charge in [0.2, 0.25) is 0 Å². The number of rotatable bonds is 3. The lowest BCUT2D eigenvalue weighted by molar-refractivity contribution is -0.384. The second kappa shape index (κ2) is 6.00. The lowest BCUT2D eigenvalue weighted by atomic mass is 9.93. The van der Waals surface area contributed by atoms with E-state index >= 15 is 0 Å². The van der Waals surface area contributed by atoms with E-state index in [0.29, 0.717) is 17.7 Å². The predicted molar refractivity (Wildman–Crippen MR) is 77.0 cm³/mol. The molecule has 2 atom stereocenters. The summed E-state index contributed by atoms with van der Waals surface area (Å²) in [5.41, 5.74) is 1.08. The minimum absolute atomic E-state index is 0.0475. The lowest BCUT2D eigenvalue weighted by Crippen LogP contribution is -2.43. The summed E-state index contributed by atoms with van der Waals surface area (Å²) in [6, 6.07) is 6.40. The van der Waals surface area contributed by atoms with Gasteiger partial charge in [0.05, 0.1) is 10.6 Å². The predicted octanol–water partition coefficient (Wildman–Crippen LogP) is 2.69. The number of piperidine rings is 1. The summed E-state index contributed by atoms with van der Waals surface area (Å²) in [5, 5.41) is 14.8. The fraction of sp³-hybridized carbons (Fsp3) is 0.500. The van der Waals surface area contributed by atoms with Crippen LogP contribution in [0.2, 0.25) is 0 Å². The Morgan fingerprint density at radius 1 is 1.35 bits per heavy atom. The van der Waals surface area contributed by atoms with Crippen molar-refractivity contribution < 1.29 is 9.76 Å². The largest absolute Gasteiger partial charge is 0.357 e. The van der Waals surface area contributed by atoms with E-state index in [1.807, 2.05) is 0 Å². The number of non-ortho nitro benzene ring substituents is 1. The molecule has 1 aliphatic rings. The molecule has 2 rings (SSSR count). The molecule has 1 fully saturated rings. The maximum Gasteiger partial charge on any atom is 0.269 e. The van der Waals surface area contributed by atoms with Gasteiger partial charge in [-0.25, -0.2) is 0 Å². The molecule has 0 unspecified atom stereocenters. The monoisotopic (exact) mass is 277 g/mol. The number of hydrogen-bond donors (Lipinski definition) is 0. The molecule has 0 amide bonds. The summed E-state index contributed by atoms with van der Waals surface area (Å²) >= 11 is 0. The molecule has 0 aliphatic carbocycles. The standard InChI is InChI=1S/C14H19N3O3/c1-10-9-16(3)11(2)8-14(10)15-20-13-6-4-12(5-7-13)17(18)19/h4-7,10-11H,8-9H2,1-3H3/b15-14+/t10-,11+/m1/s1. The number of benzene rings is 1. The zero-order chi connectivity index (χ0) is 14.7. The summed E-state index contributed by atoms with van der Waals surface area (Å²) < 4.78 is 0. The maximum absolute atomic E-state index is 10.6. The molecule has 0 aromatic heterocycles. The Morgan fingerprint density at radius 2 is 2.00 bits per heavy atom. The van der Waals surface area contributed by atoms with E-state index in [2.05, 4.69) is 31.0 Å². The maximum atomic E-state index is 10.6. The first-order chi connectivity index (χ1) is 9.47. The van der Waals surface area contributed by atoms with Crippen LogP contribution in [0.25, 0.3) is 0 Å². The van der Waals surface area contributed by atoms with Gasteiger partial charge in [-0.1, -0.05) is 12.1 Å². The van der Waals surface area contributed by atoms with Crippen LogP contribution in [-0.2, 0) is 0 Å². The van der Waals surface area contributed by atoms with Crippen LogP contribution in [0.5, 0.6) is 5.75 Å². The Hall–Kier alpha value is -1.95. The van der Waals surface area contributed by atoms with Gasteiger partial charge in [0, 0.05) is 37.1 Å². The van der Waals surface area contributed by atoms with Gasteiger partial charge in [-0.15, -0.1) is 0 Å². The number of nitro benzene ring substituents is 1. The highest BCUT2D eigenvalue weighted by Gasteiger charge is 2.25. The van der Waals surface area contributed by atoms with Crippen molar-refractivity contribution in [2.24, 2.45) is 11.1 Å². The van der Waals surface area contributed by atoms with E-state index in [9.17, 15) is 10.1 Å². The fourth-order valence-electron chi connectivity index (χ4n) is 2.24. The third-order valence-corrected chi connectivity index (χ3v) is 3.70. The van der Waals surface area contributed by atoms with E-state index < -0.39 is 4.92 Å². The number of nitrogens with zero attached hydrogens (tertiary/aromatic N) is 3. The van der Waals surface area contributed by atoms with Gasteiger partial charge in [0.25, 0.3) is 5.69 Å². The van der Waals surface area contributed by atoms with Crippen LogP contribution in [0.4, 0.5) is 5.69 Å². The number of likely N-dealkylation sites (tertiary alicyclic amines) is 1. The molecule has 1 heterocycles. The van der Waals surface area contributed by atoms with Crippen LogP contribution in [0.3, 0.4) is 0 Å². The first-order valence-electron chi connectivity index (χ1n) is 6.66. The highest BCUT2D eigenvalue weighted by molar-refractivity contribution is 5.87. The molecule has 1 aromatic rings. The van der Waals surface area contributed by atoms with E-state index in [4.69, 9.17) is 4.84 Å². The van der Waals surface area contributed by atoms with Crippen LogP contribution in [0, 0.1) is 16.0 Å². The summed E-state index contributed by atoms with van der Waals surface area (Å²) in [5.74, 6) is 0.871. The molecule has 0 N–H and O–H groups in total. The molecule has 0 spiro atoms. The van der Waals surface area contributed by atoms with Gasteiger partial charge in [-0.05, 0) is 26.1 Å². The Labute approximate surface area is 118 Å². The van der Waals surface area contributed by atoms with Crippen molar-refractivity contribution in [3.63, 3.8) is 0 Å². The minimum atomic E-state index is -0.434. The first kappa shape index (κ1) is 14.5. The van der Waals surface area contributed by atoms with Gasteiger partial charge >= 0.3 is 0 Å². The molecule has 6 heteroatoms. The van der Waals surface area contributed by atoms with Crippen molar-refractivity contribution in [1.29, 1.82) is 0 Å². The van der Waals surface area contributed by atoms with Gasteiger partial charge in [-0.3, -0.25) is 10.1 Å². The second-order valence-electron chi connectivity index (χ2n) is 5.32. The average Bonchev–Trinajstić information content (AvgIpc) is 2.42. The zero-order valence-corrected chi connectivity index (χ0v) is 11.9. The average molecular weight is 277 g/mol. The number of nitro groups is 1. The molecule has 1 aromatic carbocycles. The van der Waals surface area contributed by atoms with E-state index in [1.165, 1.54) is 12.1 Å². The van der Waals surface area contributed by atoms with Crippen molar-refractivity contribution in [3.8, 4) is 5.75 Å². The van der Waals surface area contributed by atoms with E-state index in [0.717, 1.165) is 18.7 Å². The molecule has 0 radical (unpaired) electrons. The van der Waals surface area contributed by atoms with Crippen LogP contribution >= 0.6 is 0 Å². The SMILES string of the molecule is C[C@@H]1CN(C)[C@@H](C)C/C1=N\Oc1ccc([N+](=O)[O-])cc1. The molecule has 1 saturated heterocycles. The highest BCUT2D eigenvalue weighted by Crippen LogP contribution is 2.21. The lowest BCUT2D eigenvalue weighted by Gasteiger charge is -2.34. The zero-order valence-electron chi connectivity index (χ0n) is 11.9. The molecule has 1 aliphatic heterocycles. The van der Waals surface area contributed by atoms with Crippen molar-refractivity contribution in [3.05, 3.63) is 34.4 Å². The van der Waals surface area contributed by atoms with Crippen molar-refractivity contribution >= 4 is 11.4 Å². The highest BCUT2D eigenvalue weighted by atomic mass is 16.6. The molecular formula is C14H19N3O3. The summed E-state index contributed by atoms with van der Waals surface area (Å²) in [4.78, 5) is 17.8. The summed E-state index contributed by atoms with van der Waals surface area (Å²) in [6.45, 7) is 5.25. The van der Waals surface area contributed by atoms with Gasteiger partial charge in [-0.2, -0.15) is 0 Å². The van der Waals surface area contributed by atoms with Crippen molar-refractivity contribution in [2.75, 3.05) is 13.6 Å². The van der Waals surface area contributed by atoms with Crippen LogP contribution in [-0.4, -0.2) is 35.2 Å². The first-order valence-corrected chi connectivity index (χ1v) is 6.66. The summed E-state index contributed by atoms with van der Waals surface area (Å²) in [6.07, 6.45) is 0.880. The van der Waals surface area contributed by atoms with Crippen molar-refractivity contribution in [2.45, 2.75) is 26.3 Å². The Bertz CT molecular complexity index is 513. The normalized spacial score (nSPS) is 25.6. The van der Waals surface area contributed by atoms with Crippen LogP contribution in [0.15, 0.2) is 29.4 Å². The third kappa shape index (κ3) is 3.33. The molecule has 108 valence electrons. The molecule has 20 heavy (non-hydrogen) atoms. The number of oxime groups is 1. The Balaban J connectivity index is 2.03. The Morgan fingerprint density at radius 3 is 2.60 bits per heavy atom. The molecular weight excluding hydrogens is 258 g/mol. The molecule has 0 bridgehead atoms. The van der Waals surface area contributed by atoms with Crippen molar-refractivity contribution in [1.82, 2.24) is 4.90 Å². The molecule has 0 saturated carbocycles. The summed E-state index contributed by atoms with van der Waals surface area (Å²) in [7, 11) is 2.11. The second-order valence-corrected chi connectivity index (χ2v) is 5.32. The van der Waals surface area contributed by atoms with Gasteiger partial charge < -0.3 is 9.74 Å². The van der Waals surface area contributed by atoms with E-state index in [-0.39, 0.29) is 5.69 Å². The van der Waals surface area contributed by atoms with Gasteiger partial charge in [0.1, 0.15) is 0 Å². The molecule has 6 nitrogen and oxygen atoms in total. The number of hydrogen-bond acceptors (Lipinski definition) is 5. The van der Waals surface area contributed by atoms with Gasteiger partial charge in [0.15, 0.2) is 5.75 Å². The minimum Gasteiger partial charge on any atom is -0.357 e. The van der Waals surface area contributed by atoms with E-state index in [1.54, 1.807) is 12.1 Å².